The average Bonchev–Trinajstić information content (AvgIpc) is 2.85. The van der Waals surface area contributed by atoms with E-state index in [0.29, 0.717) is 13.2 Å². The Bertz CT molecular complexity index is 315. The molecular weight excluding hydrogens is 230 g/mol. The van der Waals surface area contributed by atoms with Crippen LogP contribution in [0, 0.1) is 0 Å². The Morgan fingerprint density at radius 1 is 1.33 bits per heavy atom. The van der Waals surface area contributed by atoms with Crippen LogP contribution in [-0.4, -0.2) is 43.0 Å². The normalized spacial score (nSPS) is 12.8. The van der Waals surface area contributed by atoms with E-state index in [9.17, 15) is 0 Å². The number of hydrogen-bond acceptors (Lipinski definition) is 4. The summed E-state index contributed by atoms with van der Waals surface area (Å²) in [5.41, 5.74) is 0. The van der Waals surface area contributed by atoms with Gasteiger partial charge in [-0.3, -0.25) is 0 Å². The number of methoxy groups -OCH3 is 1. The maximum absolute atomic E-state index is 5.52. The lowest BCUT2D eigenvalue weighted by Crippen LogP contribution is -2.25. The van der Waals surface area contributed by atoms with Crippen molar-refractivity contribution < 1.29 is 9.47 Å². The van der Waals surface area contributed by atoms with Gasteiger partial charge in [0.05, 0.1) is 19.3 Å². The monoisotopic (exact) mass is 255 g/mol. The zero-order valence-corrected chi connectivity index (χ0v) is 11.7. The third-order valence-corrected chi connectivity index (χ3v) is 2.83. The van der Waals surface area contributed by atoms with Gasteiger partial charge in [-0.15, -0.1) is 0 Å². The van der Waals surface area contributed by atoms with Gasteiger partial charge in [0.2, 0.25) is 0 Å². The lowest BCUT2D eigenvalue weighted by atomic mass is 10.2. The predicted octanol–water partition coefficient (Wildman–Crippen LogP) is 1.61. The molecule has 1 unspecified atom stereocenters. The molecule has 0 spiro atoms. The Balaban J connectivity index is 2.44. The van der Waals surface area contributed by atoms with E-state index in [-0.39, 0.29) is 6.04 Å². The van der Waals surface area contributed by atoms with Crippen molar-refractivity contribution >= 4 is 0 Å². The van der Waals surface area contributed by atoms with Crippen molar-refractivity contribution in [3.63, 3.8) is 0 Å². The SMILES string of the molecule is CCNC(CCOCCOC)c1nccn1CC. The minimum absolute atomic E-state index is 0.257. The number of nitrogens with zero attached hydrogens (tertiary/aromatic N) is 2. The summed E-state index contributed by atoms with van der Waals surface area (Å²) < 4.78 is 12.6. The van der Waals surface area contributed by atoms with Crippen molar-refractivity contribution in [3.8, 4) is 0 Å². The second-order valence-electron chi connectivity index (χ2n) is 4.08. The second kappa shape index (κ2) is 9.08. The van der Waals surface area contributed by atoms with Gasteiger partial charge in [-0.2, -0.15) is 0 Å². The molecule has 1 rings (SSSR count). The van der Waals surface area contributed by atoms with Gasteiger partial charge < -0.3 is 19.4 Å². The molecule has 0 aliphatic carbocycles. The van der Waals surface area contributed by atoms with Gasteiger partial charge in [0.15, 0.2) is 0 Å². The quantitative estimate of drug-likeness (QED) is 0.645. The van der Waals surface area contributed by atoms with E-state index < -0.39 is 0 Å². The summed E-state index contributed by atoms with van der Waals surface area (Å²) in [7, 11) is 1.68. The summed E-state index contributed by atoms with van der Waals surface area (Å²) in [5, 5.41) is 3.46. The summed E-state index contributed by atoms with van der Waals surface area (Å²) in [6, 6.07) is 0.257. The Morgan fingerprint density at radius 3 is 2.83 bits per heavy atom. The highest BCUT2D eigenvalue weighted by Gasteiger charge is 2.15. The number of aryl methyl sites for hydroxylation is 1. The lowest BCUT2D eigenvalue weighted by Gasteiger charge is -2.18. The van der Waals surface area contributed by atoms with Crippen LogP contribution in [0.1, 0.15) is 32.1 Å². The molecule has 0 saturated heterocycles. The number of hydrogen-bond donors (Lipinski definition) is 1. The average molecular weight is 255 g/mol. The third-order valence-electron chi connectivity index (χ3n) is 2.83. The predicted molar refractivity (Wildman–Crippen MR) is 71.6 cm³/mol. The number of aromatic nitrogens is 2. The molecule has 0 fully saturated rings. The summed E-state index contributed by atoms with van der Waals surface area (Å²) in [5.74, 6) is 1.09. The molecule has 18 heavy (non-hydrogen) atoms. The Morgan fingerprint density at radius 2 is 2.17 bits per heavy atom. The van der Waals surface area contributed by atoms with Gasteiger partial charge >= 0.3 is 0 Å². The first kappa shape index (κ1) is 15.1. The molecule has 0 amide bonds. The van der Waals surface area contributed by atoms with Crippen molar-refractivity contribution in [3.05, 3.63) is 18.2 Å². The van der Waals surface area contributed by atoms with Gasteiger partial charge in [-0.1, -0.05) is 6.92 Å². The Kier molecular flexibility index (Phi) is 7.64. The molecule has 0 radical (unpaired) electrons. The van der Waals surface area contributed by atoms with Crippen molar-refractivity contribution in [2.45, 2.75) is 32.9 Å². The van der Waals surface area contributed by atoms with Crippen molar-refractivity contribution in [2.75, 3.05) is 33.5 Å². The van der Waals surface area contributed by atoms with Crippen LogP contribution in [0.3, 0.4) is 0 Å². The highest BCUT2D eigenvalue weighted by Crippen LogP contribution is 2.15. The molecule has 0 bridgehead atoms. The summed E-state index contributed by atoms with van der Waals surface area (Å²) in [6.07, 6.45) is 4.80. The van der Waals surface area contributed by atoms with Crippen LogP contribution in [0.2, 0.25) is 0 Å². The number of rotatable bonds is 10. The number of nitrogens with one attached hydrogen (secondary N) is 1. The summed E-state index contributed by atoms with van der Waals surface area (Å²) in [6.45, 7) is 8.13. The molecule has 1 atom stereocenters. The van der Waals surface area contributed by atoms with Crippen LogP contribution >= 0.6 is 0 Å². The van der Waals surface area contributed by atoms with Crippen LogP contribution in [-0.2, 0) is 16.0 Å². The minimum Gasteiger partial charge on any atom is -0.382 e. The molecule has 0 aliphatic heterocycles. The maximum Gasteiger partial charge on any atom is 0.125 e. The first-order chi connectivity index (χ1) is 8.83. The first-order valence-corrected chi connectivity index (χ1v) is 6.64. The largest absolute Gasteiger partial charge is 0.382 e. The highest BCUT2D eigenvalue weighted by molar-refractivity contribution is 4.99. The number of imidazole rings is 1. The Labute approximate surface area is 109 Å². The van der Waals surface area contributed by atoms with Crippen LogP contribution < -0.4 is 5.32 Å². The minimum atomic E-state index is 0.257. The van der Waals surface area contributed by atoms with Crippen molar-refractivity contribution in [1.29, 1.82) is 0 Å². The zero-order chi connectivity index (χ0) is 13.2. The molecule has 5 nitrogen and oxygen atoms in total. The van der Waals surface area contributed by atoms with Crippen LogP contribution in [0.4, 0.5) is 0 Å². The van der Waals surface area contributed by atoms with Crippen LogP contribution in [0.5, 0.6) is 0 Å². The van der Waals surface area contributed by atoms with Crippen molar-refractivity contribution in [1.82, 2.24) is 14.9 Å². The van der Waals surface area contributed by atoms with E-state index in [1.807, 2.05) is 12.4 Å². The van der Waals surface area contributed by atoms with Crippen LogP contribution in [0.25, 0.3) is 0 Å². The van der Waals surface area contributed by atoms with Gasteiger partial charge in [-0.25, -0.2) is 4.98 Å². The molecule has 1 N–H and O–H groups in total. The molecule has 1 heterocycles. The molecule has 0 saturated carbocycles. The van der Waals surface area contributed by atoms with Gasteiger partial charge in [0.1, 0.15) is 5.82 Å². The Hall–Kier alpha value is -0.910. The second-order valence-corrected chi connectivity index (χ2v) is 4.08. The van der Waals surface area contributed by atoms with Gasteiger partial charge in [0.25, 0.3) is 0 Å². The van der Waals surface area contributed by atoms with Crippen molar-refractivity contribution in [2.24, 2.45) is 0 Å². The molecule has 0 aliphatic rings. The topological polar surface area (TPSA) is 48.3 Å². The van der Waals surface area contributed by atoms with E-state index in [1.165, 1.54) is 0 Å². The summed E-state index contributed by atoms with van der Waals surface area (Å²) >= 11 is 0. The molecule has 1 aromatic heterocycles. The van der Waals surface area contributed by atoms with Gasteiger partial charge in [0, 0.05) is 32.7 Å². The standard InChI is InChI=1S/C13H25N3O2/c1-4-14-12(6-9-18-11-10-17-3)13-15-7-8-16(13)5-2/h7-8,12,14H,4-6,9-11H2,1-3H3. The summed E-state index contributed by atoms with van der Waals surface area (Å²) in [4.78, 5) is 4.44. The third kappa shape index (κ3) is 4.76. The fourth-order valence-electron chi connectivity index (χ4n) is 1.91. The smallest absolute Gasteiger partial charge is 0.125 e. The fourth-order valence-corrected chi connectivity index (χ4v) is 1.91. The zero-order valence-electron chi connectivity index (χ0n) is 11.7. The van der Waals surface area contributed by atoms with E-state index in [0.717, 1.165) is 31.9 Å². The molecule has 0 aromatic carbocycles. The van der Waals surface area contributed by atoms with E-state index in [4.69, 9.17) is 9.47 Å². The van der Waals surface area contributed by atoms with Gasteiger partial charge in [-0.05, 0) is 19.9 Å². The van der Waals surface area contributed by atoms with E-state index in [1.54, 1.807) is 7.11 Å². The van der Waals surface area contributed by atoms with Crippen LogP contribution in [0.15, 0.2) is 12.4 Å². The molecule has 1 aromatic rings. The number of ether oxygens (including phenoxy) is 2. The lowest BCUT2D eigenvalue weighted by molar-refractivity contribution is 0.0653. The van der Waals surface area contributed by atoms with E-state index >= 15 is 0 Å². The highest BCUT2D eigenvalue weighted by atomic mass is 16.5. The van der Waals surface area contributed by atoms with E-state index in [2.05, 4.69) is 28.7 Å². The first-order valence-electron chi connectivity index (χ1n) is 6.64. The fraction of sp³-hybridized carbons (Fsp3) is 0.769. The molecular formula is C13H25N3O2. The molecule has 5 heteroatoms. The molecule has 104 valence electrons. The maximum atomic E-state index is 5.52.